The molecule has 230 valence electrons. The van der Waals surface area contributed by atoms with Crippen molar-refractivity contribution in [2.24, 2.45) is 0 Å². The van der Waals surface area contributed by atoms with Crippen molar-refractivity contribution >= 4 is 66.7 Å². The summed E-state index contributed by atoms with van der Waals surface area (Å²) >= 11 is 16.1. The summed E-state index contributed by atoms with van der Waals surface area (Å²) in [6.07, 6.45) is 0.939. The number of hydrogen-bond acceptors (Lipinski definition) is 4. The Morgan fingerprint density at radius 2 is 1.50 bits per heavy atom. The molecule has 4 aromatic carbocycles. The van der Waals surface area contributed by atoms with Crippen molar-refractivity contribution in [2.45, 2.75) is 37.2 Å². The maximum Gasteiger partial charge on any atom is 0.264 e. The smallest absolute Gasteiger partial charge is 0.264 e. The van der Waals surface area contributed by atoms with Crippen molar-refractivity contribution in [3.05, 3.63) is 129 Å². The number of sulfonamides is 1. The van der Waals surface area contributed by atoms with Crippen molar-refractivity contribution in [1.29, 1.82) is 0 Å². The van der Waals surface area contributed by atoms with E-state index in [-0.39, 0.29) is 34.5 Å². The van der Waals surface area contributed by atoms with E-state index in [0.717, 1.165) is 19.9 Å². The summed E-state index contributed by atoms with van der Waals surface area (Å²) in [5.41, 5.74) is 1.71. The van der Waals surface area contributed by atoms with Crippen molar-refractivity contribution < 1.29 is 18.0 Å². The second kappa shape index (κ2) is 15.6. The molecule has 7 nitrogen and oxygen atoms in total. The fraction of sp³-hybridized carbons (Fsp3) is 0.212. The quantitative estimate of drug-likeness (QED) is 0.160. The monoisotopic (exact) mass is 715 g/mol. The van der Waals surface area contributed by atoms with Crippen LogP contribution in [-0.2, 0) is 32.6 Å². The molecule has 0 saturated heterocycles. The topological polar surface area (TPSA) is 86.8 Å². The molecule has 1 unspecified atom stereocenters. The van der Waals surface area contributed by atoms with Crippen LogP contribution < -0.4 is 9.62 Å². The zero-order valence-electron chi connectivity index (χ0n) is 24.0. The van der Waals surface area contributed by atoms with E-state index in [1.807, 2.05) is 61.5 Å². The summed E-state index contributed by atoms with van der Waals surface area (Å²) in [5, 5.41) is 3.31. The van der Waals surface area contributed by atoms with Gasteiger partial charge in [0.05, 0.1) is 15.6 Å². The second-order valence-corrected chi connectivity index (χ2v) is 13.7. The lowest BCUT2D eigenvalue weighted by atomic mass is 10.0. The van der Waals surface area contributed by atoms with Crippen LogP contribution in [-0.4, -0.2) is 44.3 Å². The molecule has 0 aliphatic rings. The van der Waals surface area contributed by atoms with Gasteiger partial charge in [-0.25, -0.2) is 8.42 Å². The third-order valence-corrected chi connectivity index (χ3v) is 9.72. The molecule has 0 bridgehead atoms. The predicted octanol–water partition coefficient (Wildman–Crippen LogP) is 7.12. The normalized spacial score (nSPS) is 11.9. The fourth-order valence-electron chi connectivity index (χ4n) is 4.62. The molecule has 0 heterocycles. The summed E-state index contributed by atoms with van der Waals surface area (Å²) < 4.78 is 29.9. The molecule has 0 aliphatic carbocycles. The van der Waals surface area contributed by atoms with Gasteiger partial charge >= 0.3 is 0 Å². The Balaban J connectivity index is 1.81. The number of hydrogen-bond donors (Lipinski definition) is 1. The molecule has 0 aliphatic heterocycles. The summed E-state index contributed by atoms with van der Waals surface area (Å²) in [6, 6.07) is 28.1. The molecule has 0 spiro atoms. The van der Waals surface area contributed by atoms with E-state index in [1.165, 1.54) is 35.2 Å². The molecule has 4 rings (SSSR count). The summed E-state index contributed by atoms with van der Waals surface area (Å²) in [4.78, 5) is 29.5. The molecular formula is C33H32BrCl2N3O4S. The number of halogens is 3. The molecule has 0 radical (unpaired) electrons. The van der Waals surface area contributed by atoms with E-state index in [1.54, 1.807) is 18.2 Å². The Labute approximate surface area is 277 Å². The van der Waals surface area contributed by atoms with Crippen LogP contribution in [0.4, 0.5) is 5.69 Å². The Kier molecular flexibility index (Phi) is 11.9. The molecule has 4 aromatic rings. The average Bonchev–Trinajstić information content (AvgIpc) is 3.02. The largest absolute Gasteiger partial charge is 0.354 e. The number of carbonyl (C=O) groups is 2. The van der Waals surface area contributed by atoms with E-state index >= 15 is 0 Å². The molecule has 1 atom stereocenters. The molecule has 0 fully saturated rings. The zero-order valence-corrected chi connectivity index (χ0v) is 27.9. The fourth-order valence-corrected chi connectivity index (χ4v) is 6.90. The Bertz CT molecular complexity index is 1670. The highest BCUT2D eigenvalue weighted by Gasteiger charge is 2.35. The molecule has 2 amide bonds. The maximum atomic E-state index is 14.4. The van der Waals surface area contributed by atoms with Crippen LogP contribution in [0.2, 0.25) is 10.0 Å². The zero-order chi connectivity index (χ0) is 31.7. The van der Waals surface area contributed by atoms with Crippen molar-refractivity contribution in [3.8, 4) is 0 Å². The van der Waals surface area contributed by atoms with Gasteiger partial charge in [-0.3, -0.25) is 13.9 Å². The molecule has 44 heavy (non-hydrogen) atoms. The number of rotatable bonds is 13. The van der Waals surface area contributed by atoms with E-state index in [9.17, 15) is 18.0 Å². The molecule has 0 aromatic heterocycles. The minimum Gasteiger partial charge on any atom is -0.354 e. The lowest BCUT2D eigenvalue weighted by molar-refractivity contribution is -0.140. The lowest BCUT2D eigenvalue weighted by Gasteiger charge is -2.34. The van der Waals surface area contributed by atoms with Crippen LogP contribution in [0.15, 0.2) is 112 Å². The summed E-state index contributed by atoms with van der Waals surface area (Å²) in [7, 11) is -4.26. The van der Waals surface area contributed by atoms with Crippen LogP contribution >= 0.6 is 39.1 Å². The molecule has 1 N–H and O–H groups in total. The molecule has 11 heteroatoms. The van der Waals surface area contributed by atoms with E-state index in [4.69, 9.17) is 23.2 Å². The number of anilines is 1. The summed E-state index contributed by atoms with van der Waals surface area (Å²) in [6.45, 7) is 1.83. The lowest BCUT2D eigenvalue weighted by Crippen LogP contribution is -2.53. The number of nitrogens with one attached hydrogen (secondary N) is 1. The van der Waals surface area contributed by atoms with E-state index in [0.29, 0.717) is 18.0 Å². The van der Waals surface area contributed by atoms with Crippen molar-refractivity contribution in [3.63, 3.8) is 0 Å². The van der Waals surface area contributed by atoms with Crippen LogP contribution in [0.5, 0.6) is 0 Å². The van der Waals surface area contributed by atoms with Gasteiger partial charge in [-0.2, -0.15) is 0 Å². The second-order valence-electron chi connectivity index (χ2n) is 10.1. The van der Waals surface area contributed by atoms with E-state index in [2.05, 4.69) is 21.2 Å². The van der Waals surface area contributed by atoms with Gasteiger partial charge in [0.15, 0.2) is 0 Å². The standard InChI is InChI=1S/C33H32BrCl2N3O4S/c1-2-19-37-33(41)31(20-24-9-5-3-6-10-24)38(22-25-13-15-26(34)16-14-25)32(40)23-39(30-18-17-27(35)21-29(30)36)44(42,43)28-11-7-4-8-12-28/h3-18,21,31H,2,19-20,22-23H2,1H3,(H,37,41). The third-order valence-electron chi connectivity index (χ3n) is 6.87. The van der Waals surface area contributed by atoms with Gasteiger partial charge in [0.2, 0.25) is 11.8 Å². The van der Waals surface area contributed by atoms with Crippen molar-refractivity contribution in [1.82, 2.24) is 10.2 Å². The Hall–Kier alpha value is -3.37. The SMILES string of the molecule is CCCNC(=O)C(Cc1ccccc1)N(Cc1ccc(Br)cc1)C(=O)CN(c1ccc(Cl)cc1Cl)S(=O)(=O)c1ccccc1. The third kappa shape index (κ3) is 8.63. The highest BCUT2D eigenvalue weighted by atomic mass is 79.9. The number of carbonyl (C=O) groups excluding carboxylic acids is 2. The minimum atomic E-state index is -4.26. The van der Waals surface area contributed by atoms with Gasteiger partial charge in [-0.1, -0.05) is 107 Å². The van der Waals surface area contributed by atoms with Gasteiger partial charge in [0.1, 0.15) is 12.6 Å². The highest BCUT2D eigenvalue weighted by molar-refractivity contribution is 9.10. The predicted molar refractivity (Wildman–Crippen MR) is 179 cm³/mol. The number of amides is 2. The first kappa shape index (κ1) is 33.5. The van der Waals surface area contributed by atoms with Gasteiger partial charge in [0.25, 0.3) is 10.0 Å². The first-order valence-electron chi connectivity index (χ1n) is 14.0. The van der Waals surface area contributed by atoms with E-state index < -0.39 is 28.5 Å². The van der Waals surface area contributed by atoms with Gasteiger partial charge in [-0.05, 0) is 60.0 Å². The summed E-state index contributed by atoms with van der Waals surface area (Å²) in [5.74, 6) is -0.908. The minimum absolute atomic E-state index is 0.0141. The van der Waals surface area contributed by atoms with Crippen LogP contribution in [0.3, 0.4) is 0 Å². The Morgan fingerprint density at radius 3 is 2.11 bits per heavy atom. The van der Waals surface area contributed by atoms with Gasteiger partial charge in [0, 0.05) is 29.0 Å². The highest BCUT2D eigenvalue weighted by Crippen LogP contribution is 2.33. The molecule has 0 saturated carbocycles. The average molecular weight is 718 g/mol. The molecular weight excluding hydrogens is 685 g/mol. The van der Waals surface area contributed by atoms with Crippen LogP contribution in [0, 0.1) is 0 Å². The van der Waals surface area contributed by atoms with Crippen LogP contribution in [0.25, 0.3) is 0 Å². The maximum absolute atomic E-state index is 14.4. The number of benzene rings is 4. The van der Waals surface area contributed by atoms with Crippen molar-refractivity contribution in [2.75, 3.05) is 17.4 Å². The Morgan fingerprint density at radius 1 is 0.864 bits per heavy atom. The number of nitrogens with zero attached hydrogens (tertiary/aromatic N) is 2. The first-order chi connectivity index (χ1) is 21.1. The van der Waals surface area contributed by atoms with Gasteiger partial charge in [-0.15, -0.1) is 0 Å². The first-order valence-corrected chi connectivity index (χ1v) is 17.0. The van der Waals surface area contributed by atoms with Gasteiger partial charge < -0.3 is 10.2 Å². The van der Waals surface area contributed by atoms with Crippen LogP contribution in [0.1, 0.15) is 24.5 Å².